The van der Waals surface area contributed by atoms with Crippen LogP contribution in [0.2, 0.25) is 5.02 Å². The van der Waals surface area contributed by atoms with Crippen molar-refractivity contribution in [1.29, 1.82) is 0 Å². The molecule has 2 aromatic heterocycles. The molecule has 0 radical (unpaired) electrons. The number of quaternary nitrogens is 1. The minimum absolute atomic E-state index is 0.384. The van der Waals surface area contributed by atoms with Crippen LogP contribution in [0.25, 0.3) is 11.5 Å². The maximum Gasteiger partial charge on any atom is 0.292 e. The zero-order valence-corrected chi connectivity index (χ0v) is 14.3. The van der Waals surface area contributed by atoms with Gasteiger partial charge in [0.05, 0.1) is 7.05 Å². The molecule has 2 heterocycles. The van der Waals surface area contributed by atoms with Crippen LogP contribution >= 0.6 is 35.2 Å². The van der Waals surface area contributed by atoms with E-state index in [4.69, 9.17) is 28.2 Å². The number of aromatic nitrogens is 2. The molecule has 0 spiro atoms. The smallest absolute Gasteiger partial charge is 0.292 e. The SMILES string of the molecule is C[NH+](Cc1ccsc1)Cn1nc(-c2ccc(Cl)cc2)oc1=S. The first-order valence-electron chi connectivity index (χ1n) is 6.78. The van der Waals surface area contributed by atoms with Gasteiger partial charge in [-0.3, -0.25) is 0 Å². The predicted octanol–water partition coefficient (Wildman–Crippen LogP) is 3.26. The second kappa shape index (κ2) is 6.75. The van der Waals surface area contributed by atoms with Crippen LogP contribution in [0.4, 0.5) is 0 Å². The van der Waals surface area contributed by atoms with E-state index in [0.717, 1.165) is 12.1 Å². The lowest BCUT2D eigenvalue weighted by atomic mass is 10.2. The highest BCUT2D eigenvalue weighted by atomic mass is 35.5. The molecular weight excluding hydrogens is 338 g/mol. The van der Waals surface area contributed by atoms with Crippen LogP contribution in [0.3, 0.4) is 0 Å². The Morgan fingerprint density at radius 1 is 1.32 bits per heavy atom. The number of benzene rings is 1. The fourth-order valence-corrected chi connectivity index (χ4v) is 3.15. The Hall–Kier alpha value is -1.47. The lowest BCUT2D eigenvalue weighted by Gasteiger charge is -2.11. The average molecular weight is 353 g/mol. The van der Waals surface area contributed by atoms with E-state index in [1.54, 1.807) is 16.0 Å². The van der Waals surface area contributed by atoms with Crippen molar-refractivity contribution in [1.82, 2.24) is 9.78 Å². The topological polar surface area (TPSA) is 35.4 Å². The zero-order chi connectivity index (χ0) is 15.5. The van der Waals surface area contributed by atoms with Gasteiger partial charge < -0.3 is 9.32 Å². The fraction of sp³-hybridized carbons (Fsp3) is 0.200. The number of hydrogen-bond donors (Lipinski definition) is 1. The van der Waals surface area contributed by atoms with E-state index in [1.165, 1.54) is 10.5 Å². The highest BCUT2D eigenvalue weighted by Gasteiger charge is 2.12. The molecule has 0 bridgehead atoms. The van der Waals surface area contributed by atoms with Crippen LogP contribution in [0.1, 0.15) is 5.56 Å². The normalized spacial score (nSPS) is 12.5. The maximum atomic E-state index is 5.89. The third-order valence-electron chi connectivity index (χ3n) is 3.20. The molecular formula is C15H15ClN3OS2+. The molecule has 114 valence electrons. The van der Waals surface area contributed by atoms with Crippen molar-refractivity contribution in [3.63, 3.8) is 0 Å². The summed E-state index contributed by atoms with van der Waals surface area (Å²) < 4.78 is 7.31. The molecule has 22 heavy (non-hydrogen) atoms. The summed E-state index contributed by atoms with van der Waals surface area (Å²) in [7, 11) is 2.11. The molecule has 4 nitrogen and oxygen atoms in total. The van der Waals surface area contributed by atoms with Crippen molar-refractivity contribution in [3.8, 4) is 11.5 Å². The van der Waals surface area contributed by atoms with Gasteiger partial charge in [-0.2, -0.15) is 16.0 Å². The minimum Gasteiger partial charge on any atom is -0.409 e. The Morgan fingerprint density at radius 3 is 2.77 bits per heavy atom. The Balaban J connectivity index is 1.75. The summed E-state index contributed by atoms with van der Waals surface area (Å²) in [5, 5.41) is 9.39. The molecule has 0 aliphatic heterocycles. The van der Waals surface area contributed by atoms with E-state index < -0.39 is 0 Å². The molecule has 3 rings (SSSR count). The molecule has 0 fully saturated rings. The van der Waals surface area contributed by atoms with Gasteiger partial charge >= 0.3 is 0 Å². The van der Waals surface area contributed by atoms with Gasteiger partial charge in [-0.25, -0.2) is 0 Å². The molecule has 0 saturated carbocycles. The number of hydrogen-bond acceptors (Lipinski definition) is 4. The number of nitrogens with one attached hydrogen (secondary N) is 1. The van der Waals surface area contributed by atoms with Crippen molar-refractivity contribution >= 4 is 35.2 Å². The van der Waals surface area contributed by atoms with Gasteiger partial charge in [-0.1, -0.05) is 11.6 Å². The van der Waals surface area contributed by atoms with E-state index in [-0.39, 0.29) is 0 Å². The summed E-state index contributed by atoms with van der Waals surface area (Å²) in [5.74, 6) is 0.519. The first-order chi connectivity index (χ1) is 10.6. The molecule has 7 heteroatoms. The van der Waals surface area contributed by atoms with E-state index >= 15 is 0 Å². The minimum atomic E-state index is 0.384. The highest BCUT2D eigenvalue weighted by Crippen LogP contribution is 2.19. The summed E-state index contributed by atoms with van der Waals surface area (Å²) in [6.45, 7) is 1.58. The van der Waals surface area contributed by atoms with Gasteiger partial charge in [-0.15, -0.1) is 5.10 Å². The summed E-state index contributed by atoms with van der Waals surface area (Å²) in [4.78, 5) is 1.67. The lowest BCUT2D eigenvalue weighted by Crippen LogP contribution is -3.06. The number of thiophene rings is 1. The quantitative estimate of drug-likeness (QED) is 0.716. The van der Waals surface area contributed by atoms with Gasteiger partial charge in [0.2, 0.25) is 5.89 Å². The van der Waals surface area contributed by atoms with Gasteiger partial charge in [0, 0.05) is 16.1 Å². The summed E-state index contributed by atoms with van der Waals surface area (Å²) >= 11 is 12.9. The second-order valence-corrected chi connectivity index (χ2v) is 6.67. The molecule has 0 amide bonds. The molecule has 1 unspecified atom stereocenters. The third-order valence-corrected chi connectivity index (χ3v) is 4.48. The van der Waals surface area contributed by atoms with E-state index in [0.29, 0.717) is 22.4 Å². The van der Waals surface area contributed by atoms with Crippen LogP contribution in [-0.2, 0) is 13.2 Å². The van der Waals surface area contributed by atoms with Crippen LogP contribution in [-0.4, -0.2) is 16.8 Å². The molecule has 1 aromatic carbocycles. The summed E-state index contributed by atoms with van der Waals surface area (Å²) in [6.07, 6.45) is 0. The Kier molecular flexibility index (Phi) is 4.73. The van der Waals surface area contributed by atoms with Gasteiger partial charge in [0.1, 0.15) is 6.54 Å². The first kappa shape index (κ1) is 15.4. The van der Waals surface area contributed by atoms with E-state index in [1.807, 2.05) is 24.3 Å². The summed E-state index contributed by atoms with van der Waals surface area (Å²) in [5.41, 5.74) is 2.18. The molecule has 3 aromatic rings. The van der Waals surface area contributed by atoms with Crippen molar-refractivity contribution in [2.75, 3.05) is 7.05 Å². The van der Waals surface area contributed by atoms with Gasteiger partial charge in [0.15, 0.2) is 6.67 Å². The standard InChI is InChI=1S/C15H14ClN3OS2/c1-18(8-11-6-7-22-9-11)10-19-15(21)20-14(17-19)12-2-4-13(16)5-3-12/h2-7,9H,8,10H2,1H3/p+1. The van der Waals surface area contributed by atoms with Crippen molar-refractivity contribution in [2.24, 2.45) is 0 Å². The Bertz CT molecular complexity index is 793. The van der Waals surface area contributed by atoms with Crippen molar-refractivity contribution < 1.29 is 9.32 Å². The van der Waals surface area contributed by atoms with Gasteiger partial charge in [0.25, 0.3) is 4.84 Å². The van der Waals surface area contributed by atoms with E-state index in [2.05, 4.69) is 29.0 Å². The number of halogens is 1. The van der Waals surface area contributed by atoms with Crippen molar-refractivity contribution in [3.05, 3.63) is 56.5 Å². The van der Waals surface area contributed by atoms with Crippen molar-refractivity contribution in [2.45, 2.75) is 13.2 Å². The van der Waals surface area contributed by atoms with Crippen LogP contribution in [0, 0.1) is 4.84 Å². The van der Waals surface area contributed by atoms with Gasteiger partial charge in [-0.05, 0) is 53.3 Å². The lowest BCUT2D eigenvalue weighted by molar-refractivity contribution is -0.917. The van der Waals surface area contributed by atoms with Crippen LogP contribution in [0.15, 0.2) is 45.5 Å². The number of rotatable bonds is 5. The largest absolute Gasteiger partial charge is 0.409 e. The molecule has 0 aliphatic carbocycles. The monoisotopic (exact) mass is 352 g/mol. The van der Waals surface area contributed by atoms with Crippen LogP contribution in [0.5, 0.6) is 0 Å². The fourth-order valence-electron chi connectivity index (χ4n) is 2.17. The van der Waals surface area contributed by atoms with E-state index in [9.17, 15) is 0 Å². The molecule has 0 saturated heterocycles. The predicted molar refractivity (Wildman–Crippen MR) is 90.7 cm³/mol. The summed E-state index contributed by atoms with van der Waals surface area (Å²) in [6, 6.07) is 9.49. The Morgan fingerprint density at radius 2 is 2.09 bits per heavy atom. The third kappa shape index (κ3) is 3.64. The van der Waals surface area contributed by atoms with Crippen LogP contribution < -0.4 is 4.90 Å². The number of nitrogens with zero attached hydrogens (tertiary/aromatic N) is 2. The molecule has 1 N–H and O–H groups in total. The zero-order valence-electron chi connectivity index (χ0n) is 12.0. The average Bonchev–Trinajstić information content (AvgIpc) is 3.10. The second-order valence-electron chi connectivity index (χ2n) is 5.10. The Labute approximate surface area is 142 Å². The maximum absolute atomic E-state index is 5.89. The first-order valence-corrected chi connectivity index (χ1v) is 8.51. The highest BCUT2D eigenvalue weighted by molar-refractivity contribution is 7.71. The molecule has 1 atom stereocenters. The molecule has 0 aliphatic rings.